The minimum Gasteiger partial charge on any atom is -0.351 e. The molecular weight excluding hydrogens is 340 g/mol. The van der Waals surface area contributed by atoms with Crippen molar-refractivity contribution in [1.29, 1.82) is 0 Å². The predicted molar refractivity (Wildman–Crippen MR) is 102 cm³/mol. The van der Waals surface area contributed by atoms with Crippen LogP contribution in [0.2, 0.25) is 0 Å². The molecule has 6 nitrogen and oxygen atoms in total. The topological polar surface area (TPSA) is 73.5 Å². The fraction of sp³-hybridized carbons (Fsp3) is 0.556. The van der Waals surface area contributed by atoms with Crippen LogP contribution in [0.5, 0.6) is 0 Å². The van der Waals surface area contributed by atoms with Crippen LogP contribution >= 0.6 is 12.4 Å². The Morgan fingerprint density at radius 2 is 2.04 bits per heavy atom. The molecular formula is C18H27ClN4O2. The number of carbonyl (C=O) groups excluding carboxylic acids is 2. The van der Waals surface area contributed by atoms with E-state index in [0.29, 0.717) is 25.2 Å². The molecule has 0 aromatic heterocycles. The maximum absolute atomic E-state index is 12.5. The fourth-order valence-electron chi connectivity index (χ4n) is 3.29. The van der Waals surface area contributed by atoms with Crippen LogP contribution in [-0.2, 0) is 0 Å². The van der Waals surface area contributed by atoms with Crippen molar-refractivity contribution in [2.75, 3.05) is 37.6 Å². The van der Waals surface area contributed by atoms with Crippen LogP contribution in [0.25, 0.3) is 0 Å². The van der Waals surface area contributed by atoms with Gasteiger partial charge in [-0.05, 0) is 56.0 Å². The van der Waals surface area contributed by atoms with E-state index in [0.717, 1.165) is 38.0 Å². The monoisotopic (exact) mass is 366 g/mol. The van der Waals surface area contributed by atoms with Gasteiger partial charge in [0, 0.05) is 30.9 Å². The normalized spacial score (nSPS) is 19.6. The first-order valence-corrected chi connectivity index (χ1v) is 8.72. The van der Waals surface area contributed by atoms with Crippen molar-refractivity contribution in [3.05, 3.63) is 29.8 Å². The summed E-state index contributed by atoms with van der Waals surface area (Å²) in [5, 5.41) is 9.25. The van der Waals surface area contributed by atoms with Crippen LogP contribution in [0.1, 0.15) is 36.5 Å². The highest BCUT2D eigenvalue weighted by atomic mass is 35.5. The molecule has 2 aliphatic rings. The number of piperidine rings is 1. The average molecular weight is 367 g/mol. The van der Waals surface area contributed by atoms with Gasteiger partial charge < -0.3 is 16.0 Å². The highest BCUT2D eigenvalue weighted by molar-refractivity contribution is 5.97. The molecule has 1 aromatic carbocycles. The Hall–Kier alpha value is -1.79. The number of hydrogen-bond donors (Lipinski definition) is 3. The third kappa shape index (κ3) is 4.86. The molecule has 0 atom stereocenters. The molecule has 25 heavy (non-hydrogen) atoms. The van der Waals surface area contributed by atoms with Gasteiger partial charge in [-0.15, -0.1) is 12.4 Å². The Kier molecular flexibility index (Phi) is 6.67. The molecule has 3 rings (SSSR count). The van der Waals surface area contributed by atoms with E-state index >= 15 is 0 Å². The standard InChI is InChI=1S/C18H26N4O2.ClH/c1-18(6-9-19-10-7-18)13-21-16(23)14-4-2-5-15(12-14)22-11-3-8-20-17(22)24;/h2,4-5,12,19H,3,6-11,13H2,1H3,(H,20,24)(H,21,23);1H. The smallest absolute Gasteiger partial charge is 0.321 e. The Morgan fingerprint density at radius 1 is 1.28 bits per heavy atom. The van der Waals surface area contributed by atoms with E-state index in [1.807, 2.05) is 12.1 Å². The Morgan fingerprint density at radius 3 is 2.76 bits per heavy atom. The molecule has 3 N–H and O–H groups in total. The summed E-state index contributed by atoms with van der Waals surface area (Å²) in [5.74, 6) is -0.0750. The summed E-state index contributed by atoms with van der Waals surface area (Å²) in [6.45, 7) is 6.31. The number of anilines is 1. The summed E-state index contributed by atoms with van der Waals surface area (Å²) in [5.41, 5.74) is 1.53. The van der Waals surface area contributed by atoms with E-state index in [1.54, 1.807) is 17.0 Å². The molecule has 0 aliphatic carbocycles. The lowest BCUT2D eigenvalue weighted by Crippen LogP contribution is -2.46. The molecule has 2 saturated heterocycles. The lowest BCUT2D eigenvalue weighted by Gasteiger charge is -2.34. The molecule has 1 aromatic rings. The van der Waals surface area contributed by atoms with Crippen LogP contribution in [0, 0.1) is 5.41 Å². The highest BCUT2D eigenvalue weighted by Crippen LogP contribution is 2.27. The largest absolute Gasteiger partial charge is 0.351 e. The molecule has 0 bridgehead atoms. The molecule has 7 heteroatoms. The highest BCUT2D eigenvalue weighted by Gasteiger charge is 2.27. The first-order valence-electron chi connectivity index (χ1n) is 8.72. The lowest BCUT2D eigenvalue weighted by molar-refractivity contribution is 0.0922. The number of carbonyl (C=O) groups is 2. The summed E-state index contributed by atoms with van der Waals surface area (Å²) in [6.07, 6.45) is 3.05. The fourth-order valence-corrected chi connectivity index (χ4v) is 3.29. The van der Waals surface area contributed by atoms with Gasteiger partial charge in [0.15, 0.2) is 0 Å². The van der Waals surface area contributed by atoms with Crippen molar-refractivity contribution in [2.45, 2.75) is 26.2 Å². The van der Waals surface area contributed by atoms with E-state index in [9.17, 15) is 9.59 Å². The van der Waals surface area contributed by atoms with Crippen molar-refractivity contribution in [2.24, 2.45) is 5.41 Å². The minimum absolute atomic E-state index is 0. The van der Waals surface area contributed by atoms with Crippen LogP contribution in [0.15, 0.2) is 24.3 Å². The average Bonchev–Trinajstić information content (AvgIpc) is 2.61. The number of rotatable bonds is 4. The van der Waals surface area contributed by atoms with Crippen LogP contribution in [0.4, 0.5) is 10.5 Å². The minimum atomic E-state index is -0.0963. The Balaban J connectivity index is 0.00000225. The number of nitrogens with zero attached hydrogens (tertiary/aromatic N) is 1. The molecule has 2 aliphatic heterocycles. The third-order valence-corrected chi connectivity index (χ3v) is 4.99. The van der Waals surface area contributed by atoms with Gasteiger partial charge in [-0.3, -0.25) is 9.69 Å². The quantitative estimate of drug-likeness (QED) is 0.764. The van der Waals surface area contributed by atoms with Gasteiger partial charge in [-0.25, -0.2) is 4.79 Å². The summed E-state index contributed by atoms with van der Waals surface area (Å²) in [7, 11) is 0. The van der Waals surface area contributed by atoms with E-state index in [2.05, 4.69) is 22.9 Å². The van der Waals surface area contributed by atoms with Crippen LogP contribution in [-0.4, -0.2) is 44.7 Å². The van der Waals surface area contributed by atoms with Gasteiger partial charge >= 0.3 is 6.03 Å². The molecule has 0 saturated carbocycles. The summed E-state index contributed by atoms with van der Waals surface area (Å²) in [6, 6.07) is 7.20. The zero-order valence-corrected chi connectivity index (χ0v) is 15.5. The van der Waals surface area contributed by atoms with E-state index in [-0.39, 0.29) is 29.8 Å². The summed E-state index contributed by atoms with van der Waals surface area (Å²) < 4.78 is 0. The Labute approximate surface area is 155 Å². The predicted octanol–water partition coefficient (Wildman–Crippen LogP) is 2.15. The molecule has 0 unspecified atom stereocenters. The second-order valence-electron chi connectivity index (χ2n) is 7.03. The Bertz CT molecular complexity index is 617. The second kappa shape index (κ2) is 8.54. The van der Waals surface area contributed by atoms with Crippen molar-refractivity contribution in [3.63, 3.8) is 0 Å². The lowest BCUT2D eigenvalue weighted by atomic mass is 9.81. The number of halogens is 1. The number of benzene rings is 1. The molecule has 0 spiro atoms. The summed E-state index contributed by atoms with van der Waals surface area (Å²) >= 11 is 0. The van der Waals surface area contributed by atoms with E-state index in [1.165, 1.54) is 0 Å². The molecule has 2 fully saturated rings. The number of hydrogen-bond acceptors (Lipinski definition) is 3. The molecule has 138 valence electrons. The number of nitrogens with one attached hydrogen (secondary N) is 3. The maximum atomic E-state index is 12.5. The zero-order chi connectivity index (χ0) is 17.0. The first kappa shape index (κ1) is 19.5. The maximum Gasteiger partial charge on any atom is 0.321 e. The van der Waals surface area contributed by atoms with Gasteiger partial charge in [0.1, 0.15) is 0 Å². The molecule has 2 heterocycles. The van der Waals surface area contributed by atoms with Gasteiger partial charge in [0.2, 0.25) is 0 Å². The van der Waals surface area contributed by atoms with Gasteiger partial charge in [-0.2, -0.15) is 0 Å². The van der Waals surface area contributed by atoms with Crippen molar-refractivity contribution in [1.82, 2.24) is 16.0 Å². The zero-order valence-electron chi connectivity index (χ0n) is 14.6. The van der Waals surface area contributed by atoms with Crippen molar-refractivity contribution in [3.8, 4) is 0 Å². The first-order chi connectivity index (χ1) is 11.6. The van der Waals surface area contributed by atoms with Crippen LogP contribution in [0.3, 0.4) is 0 Å². The second-order valence-corrected chi connectivity index (χ2v) is 7.03. The van der Waals surface area contributed by atoms with Crippen molar-refractivity contribution < 1.29 is 9.59 Å². The molecule has 3 amide bonds. The number of amides is 3. The van der Waals surface area contributed by atoms with Gasteiger partial charge in [0.05, 0.1) is 0 Å². The van der Waals surface area contributed by atoms with Crippen LogP contribution < -0.4 is 20.9 Å². The summed E-state index contributed by atoms with van der Waals surface area (Å²) in [4.78, 5) is 26.1. The molecule has 0 radical (unpaired) electrons. The van der Waals surface area contributed by atoms with Gasteiger partial charge in [-0.1, -0.05) is 13.0 Å². The van der Waals surface area contributed by atoms with Gasteiger partial charge in [0.25, 0.3) is 5.91 Å². The van der Waals surface area contributed by atoms with E-state index < -0.39 is 0 Å². The van der Waals surface area contributed by atoms with E-state index in [4.69, 9.17) is 0 Å². The SMILES string of the molecule is CC1(CNC(=O)c2cccc(N3CCCNC3=O)c2)CCNCC1.Cl. The number of urea groups is 1. The van der Waals surface area contributed by atoms with Crippen molar-refractivity contribution >= 4 is 30.0 Å². The third-order valence-electron chi connectivity index (χ3n) is 4.99.